The molecule has 6 nitrogen and oxygen atoms in total. The molecule has 0 amide bonds. The van der Waals surface area contributed by atoms with E-state index in [1.165, 1.54) is 18.0 Å². The van der Waals surface area contributed by atoms with Gasteiger partial charge in [0.25, 0.3) is 0 Å². The van der Waals surface area contributed by atoms with Gasteiger partial charge in [-0.1, -0.05) is 11.3 Å². The maximum absolute atomic E-state index is 11.4. The molecular formula is C12H18N3O3PS. The topological polar surface area (TPSA) is 88.7 Å². The van der Waals surface area contributed by atoms with E-state index in [1.54, 1.807) is 0 Å². The van der Waals surface area contributed by atoms with Crippen molar-refractivity contribution in [3.05, 3.63) is 11.6 Å². The summed E-state index contributed by atoms with van der Waals surface area (Å²) >= 11 is 1.39. The molecule has 1 atom stereocenters. The molecule has 1 aromatic carbocycles. The predicted octanol–water partition coefficient (Wildman–Crippen LogP) is 2.49. The number of aromatic nitrogens is 1. The fourth-order valence-electron chi connectivity index (χ4n) is 1.94. The Morgan fingerprint density at radius 1 is 1.55 bits per heavy atom. The number of fused-ring (bicyclic) bond motifs is 1. The molecule has 0 aliphatic rings. The zero-order chi connectivity index (χ0) is 15.1. The van der Waals surface area contributed by atoms with Gasteiger partial charge in [-0.25, -0.2) is 4.98 Å². The van der Waals surface area contributed by atoms with Crippen molar-refractivity contribution in [1.82, 2.24) is 4.98 Å². The lowest BCUT2D eigenvalue weighted by Gasteiger charge is -2.18. The molecule has 110 valence electrons. The molecule has 2 aromatic rings. The van der Waals surface area contributed by atoms with Gasteiger partial charge in [0.15, 0.2) is 11.5 Å². The third-order valence-electron chi connectivity index (χ3n) is 2.81. The minimum atomic E-state index is -3.24. The van der Waals surface area contributed by atoms with Gasteiger partial charge in [0.1, 0.15) is 11.3 Å². The van der Waals surface area contributed by atoms with Crippen molar-refractivity contribution in [3.8, 4) is 5.75 Å². The van der Waals surface area contributed by atoms with Crippen LogP contribution in [-0.4, -0.2) is 37.0 Å². The predicted molar refractivity (Wildman–Crippen MR) is 84.3 cm³/mol. The molecule has 20 heavy (non-hydrogen) atoms. The van der Waals surface area contributed by atoms with Crippen LogP contribution < -0.4 is 15.4 Å². The van der Waals surface area contributed by atoms with Crippen LogP contribution in [0.1, 0.15) is 5.56 Å². The van der Waals surface area contributed by atoms with E-state index < -0.39 is 7.37 Å². The first-order chi connectivity index (χ1) is 9.19. The first-order valence-corrected chi connectivity index (χ1v) is 9.09. The summed E-state index contributed by atoms with van der Waals surface area (Å²) in [7, 11) is 0.615. The summed E-state index contributed by atoms with van der Waals surface area (Å²) in [5.74, 6) is 0.485. The highest BCUT2D eigenvalue weighted by Crippen LogP contribution is 2.41. The number of hydrogen-bond acceptors (Lipinski definition) is 6. The average molecular weight is 315 g/mol. The monoisotopic (exact) mass is 315 g/mol. The van der Waals surface area contributed by atoms with Gasteiger partial charge in [0, 0.05) is 32.5 Å². The van der Waals surface area contributed by atoms with E-state index in [4.69, 9.17) is 10.5 Å². The molecule has 0 fully saturated rings. The number of rotatable bonds is 4. The zero-order valence-electron chi connectivity index (χ0n) is 11.9. The van der Waals surface area contributed by atoms with Gasteiger partial charge in [0.05, 0.1) is 4.70 Å². The van der Waals surface area contributed by atoms with Crippen LogP contribution in [-0.2, 0) is 4.57 Å². The minimum absolute atomic E-state index is 0.241. The molecule has 1 unspecified atom stereocenters. The number of aryl methyl sites for hydroxylation is 1. The largest absolute Gasteiger partial charge is 0.481 e. The normalized spacial score (nSPS) is 14.2. The van der Waals surface area contributed by atoms with Crippen LogP contribution in [0.15, 0.2) is 6.07 Å². The standard InChI is InChI=1S/C12H18N3O3PS/c1-7-8(15(2)3)5-9(18-6-19(4,16)17)10-11(7)20-12(13)14-10/h5H,6H2,1-4H3,(H2,13,14)(H,16,17). The first kappa shape index (κ1) is 15.1. The van der Waals surface area contributed by atoms with Crippen molar-refractivity contribution in [2.45, 2.75) is 6.92 Å². The molecule has 1 aromatic heterocycles. The van der Waals surface area contributed by atoms with Crippen molar-refractivity contribution in [2.24, 2.45) is 0 Å². The fraction of sp³-hybridized carbons (Fsp3) is 0.417. The second-order valence-electron chi connectivity index (χ2n) is 4.97. The fourth-order valence-corrected chi connectivity index (χ4v) is 3.16. The van der Waals surface area contributed by atoms with Gasteiger partial charge >= 0.3 is 0 Å². The number of nitrogen functional groups attached to an aromatic ring is 1. The maximum Gasteiger partial charge on any atom is 0.233 e. The molecule has 0 aliphatic carbocycles. The zero-order valence-corrected chi connectivity index (χ0v) is 13.6. The summed E-state index contributed by atoms with van der Waals surface area (Å²) in [5.41, 5.74) is 8.45. The van der Waals surface area contributed by atoms with E-state index >= 15 is 0 Å². The van der Waals surface area contributed by atoms with E-state index in [1.807, 2.05) is 32.0 Å². The third kappa shape index (κ3) is 3.06. The van der Waals surface area contributed by atoms with E-state index in [0.29, 0.717) is 16.4 Å². The van der Waals surface area contributed by atoms with Gasteiger partial charge in [-0.15, -0.1) is 0 Å². The van der Waals surface area contributed by atoms with Crippen LogP contribution in [0.4, 0.5) is 10.8 Å². The number of benzene rings is 1. The van der Waals surface area contributed by atoms with E-state index in [-0.39, 0.29) is 6.35 Å². The summed E-state index contributed by atoms with van der Waals surface area (Å²) in [5, 5.41) is 0.451. The maximum atomic E-state index is 11.4. The number of nitrogens with two attached hydrogens (primary N) is 1. The van der Waals surface area contributed by atoms with Gasteiger partial charge in [0.2, 0.25) is 7.37 Å². The first-order valence-electron chi connectivity index (χ1n) is 5.98. The summed E-state index contributed by atoms with van der Waals surface area (Å²) in [6, 6.07) is 1.83. The molecule has 1 heterocycles. The van der Waals surface area contributed by atoms with E-state index in [0.717, 1.165) is 16.0 Å². The van der Waals surface area contributed by atoms with Crippen LogP contribution in [0.5, 0.6) is 5.75 Å². The van der Waals surface area contributed by atoms with Crippen molar-refractivity contribution in [3.63, 3.8) is 0 Å². The highest BCUT2D eigenvalue weighted by molar-refractivity contribution is 7.56. The number of anilines is 2. The Morgan fingerprint density at radius 2 is 2.20 bits per heavy atom. The smallest absolute Gasteiger partial charge is 0.233 e. The Morgan fingerprint density at radius 3 is 2.75 bits per heavy atom. The molecule has 8 heteroatoms. The average Bonchev–Trinajstić information content (AvgIpc) is 2.69. The van der Waals surface area contributed by atoms with Crippen LogP contribution in [0.25, 0.3) is 10.2 Å². The quantitative estimate of drug-likeness (QED) is 0.843. The Balaban J connectivity index is 2.57. The van der Waals surface area contributed by atoms with Crippen molar-refractivity contribution < 1.29 is 14.2 Å². The lowest BCUT2D eigenvalue weighted by Crippen LogP contribution is -2.11. The highest BCUT2D eigenvalue weighted by Gasteiger charge is 2.18. The Bertz CT molecular complexity index is 693. The number of nitrogens with zero attached hydrogens (tertiary/aromatic N) is 2. The van der Waals surface area contributed by atoms with Crippen molar-refractivity contribution in [2.75, 3.05) is 37.7 Å². The molecule has 2 rings (SSSR count). The van der Waals surface area contributed by atoms with E-state index in [2.05, 4.69) is 4.98 Å². The van der Waals surface area contributed by atoms with Crippen molar-refractivity contribution >= 4 is 39.7 Å². The lowest BCUT2D eigenvalue weighted by atomic mass is 10.1. The molecule has 3 N–H and O–H groups in total. The molecular weight excluding hydrogens is 297 g/mol. The van der Waals surface area contributed by atoms with Crippen LogP contribution in [0, 0.1) is 6.92 Å². The minimum Gasteiger partial charge on any atom is -0.481 e. The molecule has 0 saturated carbocycles. The Hall–Kier alpha value is -1.30. The molecule has 0 saturated heterocycles. The second kappa shape index (κ2) is 5.24. The molecule has 0 aliphatic heterocycles. The summed E-state index contributed by atoms with van der Waals surface area (Å²) in [6.45, 7) is 3.26. The highest BCUT2D eigenvalue weighted by atomic mass is 32.1. The molecule has 0 radical (unpaired) electrons. The summed E-state index contributed by atoms with van der Waals surface area (Å²) in [4.78, 5) is 15.6. The Kier molecular flexibility index (Phi) is 3.95. The van der Waals surface area contributed by atoms with E-state index in [9.17, 15) is 9.46 Å². The molecule has 0 bridgehead atoms. The summed E-state index contributed by atoms with van der Waals surface area (Å²) in [6.07, 6.45) is -0.241. The molecule has 0 spiro atoms. The summed E-state index contributed by atoms with van der Waals surface area (Å²) < 4.78 is 17.8. The number of hydrogen-bond donors (Lipinski definition) is 2. The Labute approximate surface area is 121 Å². The van der Waals surface area contributed by atoms with Gasteiger partial charge in [-0.05, 0) is 12.5 Å². The van der Waals surface area contributed by atoms with Crippen LogP contribution in [0.3, 0.4) is 0 Å². The SMILES string of the molecule is Cc1c(N(C)C)cc(OCP(C)(=O)O)c2nc(N)sc12. The third-order valence-corrected chi connectivity index (χ3v) is 4.42. The lowest BCUT2D eigenvalue weighted by molar-refractivity contribution is 0.355. The van der Waals surface area contributed by atoms with Gasteiger partial charge in [-0.2, -0.15) is 0 Å². The van der Waals surface area contributed by atoms with Crippen LogP contribution >= 0.6 is 18.7 Å². The van der Waals surface area contributed by atoms with Crippen molar-refractivity contribution in [1.29, 1.82) is 0 Å². The second-order valence-corrected chi connectivity index (χ2v) is 8.36. The van der Waals surface area contributed by atoms with Gasteiger partial charge in [-0.3, -0.25) is 4.57 Å². The number of ether oxygens (including phenoxy) is 1. The van der Waals surface area contributed by atoms with Gasteiger partial charge < -0.3 is 20.3 Å². The van der Waals surface area contributed by atoms with Crippen LogP contribution in [0.2, 0.25) is 0 Å². The number of thiazole rings is 1.